The molecule has 0 atom stereocenters. The van der Waals surface area contributed by atoms with Crippen molar-refractivity contribution in [2.75, 3.05) is 10.7 Å². The van der Waals surface area contributed by atoms with Crippen LogP contribution >= 0.6 is 22.9 Å². The fraction of sp³-hybridized carbons (Fsp3) is 0. The van der Waals surface area contributed by atoms with E-state index >= 15 is 0 Å². The molecule has 1 amide bonds. The molecule has 0 bridgehead atoms. The Kier molecular flexibility index (Phi) is 3.47. The van der Waals surface area contributed by atoms with Crippen molar-refractivity contribution in [3.63, 3.8) is 0 Å². The lowest BCUT2D eigenvalue weighted by Crippen LogP contribution is -2.14. The number of carbonyl (C=O) groups excluding carboxylic acids is 1. The zero-order valence-electron chi connectivity index (χ0n) is 8.35. The van der Waals surface area contributed by atoms with Gasteiger partial charge in [-0.25, -0.2) is 10.8 Å². The number of aromatic nitrogens is 3. The molecular weight excluding hydrogens is 264 g/mol. The molecule has 0 aliphatic carbocycles. The lowest BCUT2D eigenvalue weighted by Gasteiger charge is -2.04. The highest BCUT2D eigenvalue weighted by atomic mass is 35.5. The van der Waals surface area contributed by atoms with Crippen molar-refractivity contribution >= 4 is 39.8 Å². The topological polar surface area (TPSA) is 106 Å². The molecule has 0 aliphatic heterocycles. The van der Waals surface area contributed by atoms with Gasteiger partial charge in [-0.1, -0.05) is 22.9 Å². The molecule has 2 heterocycles. The summed E-state index contributed by atoms with van der Waals surface area (Å²) in [4.78, 5) is 15.6. The van der Waals surface area contributed by atoms with E-state index in [0.717, 1.165) is 0 Å². The molecule has 0 spiro atoms. The van der Waals surface area contributed by atoms with E-state index in [9.17, 15) is 4.79 Å². The predicted molar refractivity (Wildman–Crippen MR) is 64.9 cm³/mol. The molecule has 0 aliphatic rings. The Morgan fingerprint density at radius 2 is 2.35 bits per heavy atom. The maximum Gasteiger partial charge on any atom is 0.259 e. The summed E-state index contributed by atoms with van der Waals surface area (Å²) >= 11 is 7.06. The van der Waals surface area contributed by atoms with Gasteiger partial charge in [0.1, 0.15) is 5.51 Å². The molecule has 2 aromatic heterocycles. The van der Waals surface area contributed by atoms with E-state index in [0.29, 0.717) is 16.5 Å². The maximum atomic E-state index is 11.7. The highest BCUT2D eigenvalue weighted by Crippen LogP contribution is 2.19. The molecule has 2 aromatic rings. The Morgan fingerprint density at radius 3 is 2.94 bits per heavy atom. The van der Waals surface area contributed by atoms with Crippen LogP contribution in [0.1, 0.15) is 10.4 Å². The molecule has 2 rings (SSSR count). The third kappa shape index (κ3) is 2.67. The molecule has 0 unspecified atom stereocenters. The van der Waals surface area contributed by atoms with Crippen LogP contribution in [-0.4, -0.2) is 21.1 Å². The second-order valence-corrected chi connectivity index (χ2v) is 4.14. The summed E-state index contributed by atoms with van der Waals surface area (Å²) in [6, 6.07) is 1.46. The highest BCUT2D eigenvalue weighted by Gasteiger charge is 2.11. The molecule has 4 N–H and O–H groups in total. The number of rotatable bonds is 3. The van der Waals surface area contributed by atoms with Crippen molar-refractivity contribution in [1.82, 2.24) is 15.2 Å². The minimum Gasteiger partial charge on any atom is -0.307 e. The van der Waals surface area contributed by atoms with Gasteiger partial charge in [0.15, 0.2) is 5.82 Å². The van der Waals surface area contributed by atoms with Crippen LogP contribution in [0, 0.1) is 0 Å². The van der Waals surface area contributed by atoms with Crippen molar-refractivity contribution in [2.45, 2.75) is 0 Å². The average molecular weight is 271 g/mol. The van der Waals surface area contributed by atoms with E-state index in [2.05, 4.69) is 25.9 Å². The second kappa shape index (κ2) is 5.04. The molecule has 7 nitrogen and oxygen atoms in total. The van der Waals surface area contributed by atoms with Crippen LogP contribution < -0.4 is 16.6 Å². The van der Waals surface area contributed by atoms with E-state index in [-0.39, 0.29) is 10.9 Å². The summed E-state index contributed by atoms with van der Waals surface area (Å²) in [5, 5.41) is 10.5. The number of amides is 1. The van der Waals surface area contributed by atoms with Crippen molar-refractivity contribution in [1.29, 1.82) is 0 Å². The van der Waals surface area contributed by atoms with Gasteiger partial charge in [0.25, 0.3) is 5.91 Å². The number of nitrogens with two attached hydrogens (primary N) is 1. The maximum absolute atomic E-state index is 11.7. The number of hydrogen-bond donors (Lipinski definition) is 3. The number of nitrogens with one attached hydrogen (secondary N) is 2. The summed E-state index contributed by atoms with van der Waals surface area (Å²) in [5.74, 6) is 5.12. The first-order chi connectivity index (χ1) is 8.20. The molecule has 0 fully saturated rings. The first-order valence-corrected chi connectivity index (χ1v) is 5.66. The Balaban J connectivity index is 2.17. The number of hydrazine groups is 1. The van der Waals surface area contributed by atoms with Crippen LogP contribution in [-0.2, 0) is 0 Å². The van der Waals surface area contributed by atoms with E-state index in [1.54, 1.807) is 0 Å². The summed E-state index contributed by atoms with van der Waals surface area (Å²) in [6.07, 6.45) is 1.36. The first kappa shape index (κ1) is 11.7. The molecule has 0 aromatic carbocycles. The van der Waals surface area contributed by atoms with E-state index in [4.69, 9.17) is 17.4 Å². The van der Waals surface area contributed by atoms with Gasteiger partial charge in [-0.15, -0.1) is 10.2 Å². The van der Waals surface area contributed by atoms with Crippen LogP contribution in [0.5, 0.6) is 0 Å². The third-order valence-corrected chi connectivity index (χ3v) is 2.72. The summed E-state index contributed by atoms with van der Waals surface area (Å²) in [7, 11) is 0. The Morgan fingerprint density at radius 1 is 1.53 bits per heavy atom. The minimum absolute atomic E-state index is 0.261. The monoisotopic (exact) mass is 270 g/mol. The molecule has 0 saturated carbocycles. The number of hydrogen-bond acceptors (Lipinski definition) is 7. The Labute approximate surface area is 105 Å². The number of anilines is 2. The standard InChI is InChI=1S/C8H7ClN6OS/c9-5-1-4(2-11-6(5)14-10)7(16)13-8-15-12-3-17-8/h1-3H,10H2,(H,11,14)(H,13,15,16). The number of nitrogens with zero attached hydrogens (tertiary/aromatic N) is 3. The van der Waals surface area contributed by atoms with Gasteiger partial charge in [-0.2, -0.15) is 0 Å². The molecule has 17 heavy (non-hydrogen) atoms. The summed E-state index contributed by atoms with van der Waals surface area (Å²) in [5.41, 5.74) is 4.14. The minimum atomic E-state index is -0.361. The van der Waals surface area contributed by atoms with Crippen LogP contribution in [0.2, 0.25) is 5.02 Å². The number of nitrogen functional groups attached to an aromatic ring is 1. The zero-order chi connectivity index (χ0) is 12.3. The van der Waals surface area contributed by atoms with Crippen molar-refractivity contribution in [3.8, 4) is 0 Å². The van der Waals surface area contributed by atoms with Gasteiger partial charge >= 0.3 is 0 Å². The smallest absolute Gasteiger partial charge is 0.259 e. The van der Waals surface area contributed by atoms with Gasteiger partial charge in [-0.3, -0.25) is 10.1 Å². The van der Waals surface area contributed by atoms with Gasteiger partial charge in [0.05, 0.1) is 10.6 Å². The van der Waals surface area contributed by atoms with Crippen molar-refractivity contribution < 1.29 is 4.79 Å². The molecule has 0 radical (unpaired) electrons. The summed E-state index contributed by atoms with van der Waals surface area (Å²) in [6.45, 7) is 0. The van der Waals surface area contributed by atoms with Crippen LogP contribution in [0.3, 0.4) is 0 Å². The van der Waals surface area contributed by atoms with Crippen LogP contribution in [0.4, 0.5) is 10.9 Å². The van der Waals surface area contributed by atoms with E-state index < -0.39 is 0 Å². The van der Waals surface area contributed by atoms with Gasteiger partial charge < -0.3 is 5.43 Å². The van der Waals surface area contributed by atoms with Crippen molar-refractivity contribution in [3.05, 3.63) is 28.4 Å². The van der Waals surface area contributed by atoms with Gasteiger partial charge in [0, 0.05) is 6.20 Å². The molecule has 9 heteroatoms. The lowest BCUT2D eigenvalue weighted by molar-refractivity contribution is 0.102. The highest BCUT2D eigenvalue weighted by molar-refractivity contribution is 7.13. The molecular formula is C8H7ClN6OS. The first-order valence-electron chi connectivity index (χ1n) is 4.40. The predicted octanol–water partition coefficient (Wildman–Crippen LogP) is 1.12. The van der Waals surface area contributed by atoms with E-state index in [1.807, 2.05) is 0 Å². The number of halogens is 1. The third-order valence-electron chi connectivity index (χ3n) is 1.82. The Bertz CT molecular complexity index is 531. The van der Waals surface area contributed by atoms with Gasteiger partial charge in [-0.05, 0) is 6.07 Å². The average Bonchev–Trinajstić information content (AvgIpc) is 2.81. The Hall–Kier alpha value is -1.77. The zero-order valence-corrected chi connectivity index (χ0v) is 9.92. The van der Waals surface area contributed by atoms with Crippen LogP contribution in [0.25, 0.3) is 0 Å². The molecule has 88 valence electrons. The quantitative estimate of drug-likeness (QED) is 0.570. The SMILES string of the molecule is NNc1ncc(C(=O)Nc2nncs2)cc1Cl. The fourth-order valence-electron chi connectivity index (χ4n) is 1.07. The van der Waals surface area contributed by atoms with Gasteiger partial charge in [0.2, 0.25) is 5.13 Å². The fourth-order valence-corrected chi connectivity index (χ4v) is 1.73. The van der Waals surface area contributed by atoms with E-state index in [1.165, 1.54) is 29.1 Å². The number of carbonyl (C=O) groups is 1. The second-order valence-electron chi connectivity index (χ2n) is 2.90. The summed E-state index contributed by atoms with van der Waals surface area (Å²) < 4.78 is 0. The van der Waals surface area contributed by atoms with Crippen LogP contribution in [0.15, 0.2) is 17.8 Å². The molecule has 0 saturated heterocycles. The lowest BCUT2D eigenvalue weighted by atomic mass is 10.2. The largest absolute Gasteiger partial charge is 0.307 e. The van der Waals surface area contributed by atoms with Crippen molar-refractivity contribution in [2.24, 2.45) is 5.84 Å². The normalized spacial score (nSPS) is 10.0. The number of pyridine rings is 1.